The Hall–Kier alpha value is -7.94. The highest BCUT2D eigenvalue weighted by molar-refractivity contribution is 6.25. The van der Waals surface area contributed by atoms with Gasteiger partial charge in [0.25, 0.3) is 0 Å². The molecule has 13 rings (SSSR count). The third-order valence-electron chi connectivity index (χ3n) is 12.7. The number of fused-ring (bicyclic) bond motifs is 11. The maximum absolute atomic E-state index is 6.69. The van der Waals surface area contributed by atoms with Crippen LogP contribution >= 0.6 is 0 Å². The minimum absolute atomic E-state index is 0.843. The van der Waals surface area contributed by atoms with Crippen LogP contribution in [0.4, 0.5) is 0 Å². The summed E-state index contributed by atoms with van der Waals surface area (Å²) in [7, 11) is 0. The van der Waals surface area contributed by atoms with Crippen LogP contribution in [0.25, 0.3) is 131 Å². The van der Waals surface area contributed by atoms with Crippen LogP contribution < -0.4 is 0 Å². The average Bonchev–Trinajstić information content (AvgIpc) is 3.88. The van der Waals surface area contributed by atoms with E-state index in [4.69, 9.17) is 8.83 Å². The molecule has 0 N–H and O–H groups in total. The summed E-state index contributed by atoms with van der Waals surface area (Å²) in [6, 6.07) is 74.8. The molecular weight excluding hydrogens is 729 g/mol. The lowest BCUT2D eigenvalue weighted by molar-refractivity contribution is 0.663. The van der Waals surface area contributed by atoms with Gasteiger partial charge in [-0.1, -0.05) is 170 Å². The van der Waals surface area contributed by atoms with Crippen LogP contribution in [0.3, 0.4) is 0 Å². The molecule has 0 atom stereocenters. The maximum atomic E-state index is 6.69. The molecule has 278 valence electrons. The van der Waals surface area contributed by atoms with Crippen molar-refractivity contribution in [3.05, 3.63) is 206 Å². The Labute approximate surface area is 345 Å². The van der Waals surface area contributed by atoms with Crippen LogP contribution in [0.5, 0.6) is 0 Å². The molecule has 0 aliphatic heterocycles. The van der Waals surface area contributed by atoms with Crippen molar-refractivity contribution in [3.8, 4) is 44.5 Å². The first-order valence-electron chi connectivity index (χ1n) is 20.6. The van der Waals surface area contributed by atoms with Crippen LogP contribution in [0, 0.1) is 0 Å². The Kier molecular flexibility index (Phi) is 7.05. The smallest absolute Gasteiger partial charge is 0.147 e. The zero-order valence-corrected chi connectivity index (χ0v) is 32.4. The van der Waals surface area contributed by atoms with Crippen LogP contribution in [-0.4, -0.2) is 0 Å². The van der Waals surface area contributed by atoms with E-state index in [1.807, 2.05) is 12.1 Å². The number of rotatable bonds is 4. The summed E-state index contributed by atoms with van der Waals surface area (Å²) in [5.74, 6) is 0. The van der Waals surface area contributed by atoms with Crippen molar-refractivity contribution in [3.63, 3.8) is 0 Å². The molecule has 0 spiro atoms. The van der Waals surface area contributed by atoms with E-state index < -0.39 is 0 Å². The second kappa shape index (κ2) is 12.8. The van der Waals surface area contributed by atoms with E-state index in [0.29, 0.717) is 0 Å². The SMILES string of the molecule is c1ccc(-c2ccc(-c3c4ccccc4c(-c4ccc(-c5ccc6cc7c(cc6c5)oc5c7ccc6oc7ccccc7c65)c5ccccc45)c4ccccc34)cc2)cc1. The summed E-state index contributed by atoms with van der Waals surface area (Å²) in [6.07, 6.45) is 0. The molecule has 0 radical (unpaired) electrons. The topological polar surface area (TPSA) is 26.3 Å². The molecular formula is C58H34O2. The molecule has 0 unspecified atom stereocenters. The van der Waals surface area contributed by atoms with Gasteiger partial charge in [0.2, 0.25) is 0 Å². The van der Waals surface area contributed by atoms with Crippen molar-refractivity contribution in [2.45, 2.75) is 0 Å². The molecule has 2 heterocycles. The van der Waals surface area contributed by atoms with Gasteiger partial charge in [-0.3, -0.25) is 0 Å². The summed E-state index contributed by atoms with van der Waals surface area (Å²) < 4.78 is 12.9. The fourth-order valence-electron chi connectivity index (χ4n) is 9.91. The quantitative estimate of drug-likeness (QED) is 0.167. The van der Waals surface area contributed by atoms with Crippen molar-refractivity contribution in [2.75, 3.05) is 0 Å². The number of hydrogen-bond donors (Lipinski definition) is 0. The lowest BCUT2D eigenvalue weighted by atomic mass is 9.83. The van der Waals surface area contributed by atoms with Gasteiger partial charge in [0.15, 0.2) is 0 Å². The molecule has 11 aromatic carbocycles. The molecule has 2 nitrogen and oxygen atoms in total. The van der Waals surface area contributed by atoms with E-state index in [0.717, 1.165) is 49.3 Å². The van der Waals surface area contributed by atoms with Crippen molar-refractivity contribution >= 4 is 87.0 Å². The number of hydrogen-bond acceptors (Lipinski definition) is 2. The summed E-state index contributed by atoms with van der Waals surface area (Å²) in [5.41, 5.74) is 13.3. The summed E-state index contributed by atoms with van der Waals surface area (Å²) in [4.78, 5) is 0. The third-order valence-corrected chi connectivity index (χ3v) is 12.7. The second-order valence-electron chi connectivity index (χ2n) is 15.9. The van der Waals surface area contributed by atoms with Gasteiger partial charge in [-0.15, -0.1) is 0 Å². The van der Waals surface area contributed by atoms with Crippen LogP contribution in [0.1, 0.15) is 0 Å². The molecule has 0 fully saturated rings. The maximum Gasteiger partial charge on any atom is 0.147 e. The first kappa shape index (κ1) is 33.1. The number of furan rings is 2. The van der Waals surface area contributed by atoms with Gasteiger partial charge in [-0.25, -0.2) is 0 Å². The van der Waals surface area contributed by atoms with E-state index in [-0.39, 0.29) is 0 Å². The van der Waals surface area contributed by atoms with Gasteiger partial charge < -0.3 is 8.83 Å². The van der Waals surface area contributed by atoms with Gasteiger partial charge in [-0.05, 0) is 124 Å². The molecule has 2 aromatic heterocycles. The standard InChI is InChI=1S/C58H34O2/c1-2-12-35(13-3-1)36-22-24-37(25-23-36)55-44-16-6-8-18-46(44)56(47-19-9-7-17-45(47)55)48-29-28-41(42-14-4-5-15-43(42)48)39-27-26-38-33-51-49-30-31-53-57(50-20-10-11-21-52(50)59-53)58(49)60-54(51)34-40(38)32-39/h1-34H. The van der Waals surface area contributed by atoms with Gasteiger partial charge in [0.1, 0.15) is 22.3 Å². The van der Waals surface area contributed by atoms with Crippen LogP contribution in [0.2, 0.25) is 0 Å². The molecule has 2 heteroatoms. The molecule has 0 aliphatic rings. The molecule has 0 aliphatic carbocycles. The monoisotopic (exact) mass is 762 g/mol. The zero-order valence-electron chi connectivity index (χ0n) is 32.4. The van der Waals surface area contributed by atoms with Gasteiger partial charge >= 0.3 is 0 Å². The van der Waals surface area contributed by atoms with E-state index in [2.05, 4.69) is 194 Å². The van der Waals surface area contributed by atoms with Crippen molar-refractivity contribution in [2.24, 2.45) is 0 Å². The molecule has 13 aromatic rings. The fraction of sp³-hybridized carbons (Fsp3) is 0. The Bertz CT molecular complexity index is 3810. The first-order valence-corrected chi connectivity index (χ1v) is 20.6. The Balaban J connectivity index is 0.973. The minimum atomic E-state index is 0.843. The lowest BCUT2D eigenvalue weighted by Crippen LogP contribution is -1.92. The predicted octanol–water partition coefficient (Wildman–Crippen LogP) is 16.8. The number of para-hydroxylation sites is 1. The van der Waals surface area contributed by atoms with Crippen LogP contribution in [0.15, 0.2) is 215 Å². The molecule has 0 saturated carbocycles. The van der Waals surface area contributed by atoms with E-state index in [9.17, 15) is 0 Å². The molecule has 0 saturated heterocycles. The van der Waals surface area contributed by atoms with Crippen molar-refractivity contribution < 1.29 is 8.83 Å². The highest BCUT2D eigenvalue weighted by Gasteiger charge is 2.20. The minimum Gasteiger partial charge on any atom is -0.456 e. The predicted molar refractivity (Wildman–Crippen MR) is 253 cm³/mol. The molecule has 60 heavy (non-hydrogen) atoms. The van der Waals surface area contributed by atoms with Gasteiger partial charge in [0.05, 0.1) is 5.39 Å². The Morgan fingerprint density at radius 1 is 0.250 bits per heavy atom. The second-order valence-corrected chi connectivity index (χ2v) is 15.9. The lowest BCUT2D eigenvalue weighted by Gasteiger charge is -2.20. The zero-order chi connectivity index (χ0) is 39.3. The van der Waals surface area contributed by atoms with Crippen molar-refractivity contribution in [1.29, 1.82) is 0 Å². The number of benzene rings is 11. The summed E-state index contributed by atoms with van der Waals surface area (Å²) in [5, 5.41) is 14.1. The third kappa shape index (κ3) is 4.88. The van der Waals surface area contributed by atoms with Gasteiger partial charge in [0, 0.05) is 16.2 Å². The Morgan fingerprint density at radius 3 is 1.55 bits per heavy atom. The van der Waals surface area contributed by atoms with E-state index in [1.165, 1.54) is 82.2 Å². The largest absolute Gasteiger partial charge is 0.456 e. The normalized spacial score (nSPS) is 12.0. The fourth-order valence-corrected chi connectivity index (χ4v) is 9.91. The molecule has 0 bridgehead atoms. The van der Waals surface area contributed by atoms with Gasteiger partial charge in [-0.2, -0.15) is 0 Å². The Morgan fingerprint density at radius 2 is 0.817 bits per heavy atom. The van der Waals surface area contributed by atoms with E-state index in [1.54, 1.807) is 0 Å². The average molecular weight is 763 g/mol. The molecule has 0 amide bonds. The first-order chi connectivity index (χ1) is 29.7. The summed E-state index contributed by atoms with van der Waals surface area (Å²) >= 11 is 0. The summed E-state index contributed by atoms with van der Waals surface area (Å²) in [6.45, 7) is 0. The van der Waals surface area contributed by atoms with E-state index >= 15 is 0 Å². The highest BCUT2D eigenvalue weighted by Crippen LogP contribution is 2.47. The van der Waals surface area contributed by atoms with Crippen LogP contribution in [-0.2, 0) is 0 Å². The highest BCUT2D eigenvalue weighted by atomic mass is 16.3. The van der Waals surface area contributed by atoms with Crippen molar-refractivity contribution in [1.82, 2.24) is 0 Å².